The highest BCUT2D eigenvalue weighted by atomic mass is 16.5. The molecule has 114 valence electrons. The molecule has 21 heavy (non-hydrogen) atoms. The maximum Gasteiger partial charge on any atom is 0.314 e. The van der Waals surface area contributed by atoms with Gasteiger partial charge in [-0.3, -0.25) is 4.98 Å². The summed E-state index contributed by atoms with van der Waals surface area (Å²) in [6, 6.07) is 7.72. The van der Waals surface area contributed by atoms with E-state index in [0.717, 1.165) is 22.2 Å². The molecule has 0 spiro atoms. The van der Waals surface area contributed by atoms with Crippen molar-refractivity contribution in [1.82, 2.24) is 15.6 Å². The Morgan fingerprint density at radius 1 is 1.33 bits per heavy atom. The van der Waals surface area contributed by atoms with Crippen molar-refractivity contribution in [3.63, 3.8) is 0 Å². The average Bonchev–Trinajstić information content (AvgIpc) is 2.52. The molecule has 1 aromatic heterocycles. The number of amides is 2. The Hall–Kier alpha value is -2.30. The second-order valence-electron chi connectivity index (χ2n) is 4.19. The second kappa shape index (κ2) is 8.79. The maximum absolute atomic E-state index is 11.0. The topological polar surface area (TPSA) is 63.2 Å². The zero-order valence-corrected chi connectivity index (χ0v) is 13.1. The summed E-state index contributed by atoms with van der Waals surface area (Å²) >= 11 is 0. The van der Waals surface area contributed by atoms with Crippen LogP contribution < -0.4 is 15.4 Å². The molecule has 0 saturated carbocycles. The normalized spacial score (nSPS) is 9.52. The minimum absolute atomic E-state index is 0.212. The molecule has 0 saturated heterocycles. The fraction of sp³-hybridized carbons (Fsp3) is 0.375. The molecule has 1 heterocycles. The Kier molecular flexibility index (Phi) is 7.01. The lowest BCUT2D eigenvalue weighted by Crippen LogP contribution is -2.35. The average molecular weight is 289 g/mol. The first-order chi connectivity index (χ1) is 10.2. The van der Waals surface area contributed by atoms with E-state index in [9.17, 15) is 4.79 Å². The van der Waals surface area contributed by atoms with Gasteiger partial charge in [-0.1, -0.05) is 19.9 Å². The molecule has 2 amide bonds. The third kappa shape index (κ3) is 4.95. The number of ether oxygens (including phenoxy) is 1. The molecule has 5 heteroatoms. The van der Waals surface area contributed by atoms with Crippen LogP contribution in [0.25, 0.3) is 10.9 Å². The van der Waals surface area contributed by atoms with Gasteiger partial charge in [-0.05, 0) is 30.7 Å². The van der Waals surface area contributed by atoms with Crippen molar-refractivity contribution in [2.24, 2.45) is 0 Å². The third-order valence-electron chi connectivity index (χ3n) is 2.69. The van der Waals surface area contributed by atoms with Gasteiger partial charge in [0.2, 0.25) is 0 Å². The number of aryl methyl sites for hydroxylation is 1. The molecule has 0 unspecified atom stereocenters. The van der Waals surface area contributed by atoms with Crippen molar-refractivity contribution >= 4 is 16.9 Å². The third-order valence-corrected chi connectivity index (χ3v) is 2.69. The number of aromatic nitrogens is 1. The highest BCUT2D eigenvalue weighted by Crippen LogP contribution is 2.25. The summed E-state index contributed by atoms with van der Waals surface area (Å²) in [5.74, 6) is 0.745. The fourth-order valence-electron chi connectivity index (χ4n) is 1.83. The summed E-state index contributed by atoms with van der Waals surface area (Å²) < 4.78 is 5.69. The van der Waals surface area contributed by atoms with E-state index in [1.165, 1.54) is 0 Å². The second-order valence-corrected chi connectivity index (χ2v) is 4.19. The van der Waals surface area contributed by atoms with Crippen molar-refractivity contribution in [3.8, 4) is 5.75 Å². The molecule has 2 rings (SSSR count). The molecule has 2 aromatic rings. The highest BCUT2D eigenvalue weighted by molar-refractivity contribution is 5.85. The first-order valence-electron chi connectivity index (χ1n) is 7.14. The first kappa shape index (κ1) is 16.8. The molecule has 0 aliphatic carbocycles. The lowest BCUT2D eigenvalue weighted by Gasteiger charge is -2.10. The van der Waals surface area contributed by atoms with Gasteiger partial charge in [0.05, 0.1) is 6.54 Å². The molecular weight excluding hydrogens is 266 g/mol. The standard InChI is InChI=1S/C14H17N3O2.C2H6/c1-10-8-11-4-3-5-16-13(11)12(9-10)19-7-6-17-14(18)15-2;1-2/h3-5,8-9H,6-7H2,1-2H3,(H2,15,17,18);1-2H3. The number of carbonyl (C=O) groups excluding carboxylic acids is 1. The van der Waals surface area contributed by atoms with E-state index in [1.54, 1.807) is 13.2 Å². The number of nitrogens with zero attached hydrogens (tertiary/aromatic N) is 1. The van der Waals surface area contributed by atoms with Gasteiger partial charge in [0.15, 0.2) is 0 Å². The quantitative estimate of drug-likeness (QED) is 0.851. The van der Waals surface area contributed by atoms with Gasteiger partial charge >= 0.3 is 6.03 Å². The minimum Gasteiger partial charge on any atom is -0.489 e. The molecule has 0 radical (unpaired) electrons. The van der Waals surface area contributed by atoms with E-state index in [2.05, 4.69) is 21.7 Å². The van der Waals surface area contributed by atoms with Gasteiger partial charge < -0.3 is 15.4 Å². The predicted molar refractivity (Wildman–Crippen MR) is 85.8 cm³/mol. The number of benzene rings is 1. The number of hydrogen-bond donors (Lipinski definition) is 2. The van der Waals surface area contributed by atoms with E-state index in [-0.39, 0.29) is 6.03 Å². The van der Waals surface area contributed by atoms with Crippen LogP contribution in [0, 0.1) is 6.92 Å². The number of rotatable bonds is 4. The summed E-state index contributed by atoms with van der Waals surface area (Å²) in [4.78, 5) is 15.3. The summed E-state index contributed by atoms with van der Waals surface area (Å²) in [7, 11) is 1.58. The largest absolute Gasteiger partial charge is 0.489 e. The first-order valence-corrected chi connectivity index (χ1v) is 7.14. The Morgan fingerprint density at radius 2 is 2.10 bits per heavy atom. The molecule has 0 bridgehead atoms. The summed E-state index contributed by atoms with van der Waals surface area (Å²) in [6.45, 7) is 6.87. The van der Waals surface area contributed by atoms with E-state index in [0.29, 0.717) is 13.2 Å². The number of hydrogen-bond acceptors (Lipinski definition) is 3. The number of urea groups is 1. The zero-order valence-electron chi connectivity index (χ0n) is 13.1. The fourth-order valence-corrected chi connectivity index (χ4v) is 1.83. The number of nitrogens with one attached hydrogen (secondary N) is 2. The van der Waals surface area contributed by atoms with E-state index in [4.69, 9.17) is 4.74 Å². The Bertz CT molecular complexity index is 585. The van der Waals surface area contributed by atoms with E-state index in [1.807, 2.05) is 39.0 Å². The van der Waals surface area contributed by atoms with Crippen LogP contribution in [-0.2, 0) is 0 Å². The van der Waals surface area contributed by atoms with Crippen molar-refractivity contribution in [3.05, 3.63) is 36.0 Å². The molecule has 1 aromatic carbocycles. The van der Waals surface area contributed by atoms with Crippen LogP contribution in [0.3, 0.4) is 0 Å². The Morgan fingerprint density at radius 3 is 2.81 bits per heavy atom. The van der Waals surface area contributed by atoms with Crippen LogP contribution in [0.5, 0.6) is 5.75 Å². The monoisotopic (exact) mass is 289 g/mol. The van der Waals surface area contributed by atoms with Crippen LogP contribution in [0.15, 0.2) is 30.5 Å². The highest BCUT2D eigenvalue weighted by Gasteiger charge is 2.04. The Labute approximate surface area is 125 Å². The van der Waals surface area contributed by atoms with Gasteiger partial charge in [-0.2, -0.15) is 0 Å². The van der Waals surface area contributed by atoms with Crippen molar-refractivity contribution in [2.45, 2.75) is 20.8 Å². The van der Waals surface area contributed by atoms with Crippen LogP contribution in [0.2, 0.25) is 0 Å². The molecule has 5 nitrogen and oxygen atoms in total. The molecule has 0 aliphatic rings. The molecule has 2 N–H and O–H groups in total. The van der Waals surface area contributed by atoms with Crippen LogP contribution in [0.1, 0.15) is 19.4 Å². The summed E-state index contributed by atoms with van der Waals surface area (Å²) in [5, 5.41) is 6.21. The summed E-state index contributed by atoms with van der Waals surface area (Å²) in [6.07, 6.45) is 1.74. The minimum atomic E-state index is -0.212. The summed E-state index contributed by atoms with van der Waals surface area (Å²) in [5.41, 5.74) is 1.96. The van der Waals surface area contributed by atoms with E-state index < -0.39 is 0 Å². The molecule has 0 aliphatic heterocycles. The number of fused-ring (bicyclic) bond motifs is 1. The number of carbonyl (C=O) groups is 1. The molecule has 0 atom stereocenters. The molecular formula is C16H23N3O2. The van der Waals surface area contributed by atoms with E-state index >= 15 is 0 Å². The smallest absolute Gasteiger partial charge is 0.314 e. The van der Waals surface area contributed by atoms with Gasteiger partial charge in [0, 0.05) is 18.6 Å². The number of pyridine rings is 1. The van der Waals surface area contributed by atoms with Gasteiger partial charge in [-0.25, -0.2) is 4.79 Å². The Balaban J connectivity index is 0.00000106. The van der Waals surface area contributed by atoms with Crippen LogP contribution in [-0.4, -0.2) is 31.2 Å². The van der Waals surface area contributed by atoms with Gasteiger partial charge in [0.25, 0.3) is 0 Å². The lowest BCUT2D eigenvalue weighted by atomic mass is 10.1. The van der Waals surface area contributed by atoms with Crippen molar-refractivity contribution < 1.29 is 9.53 Å². The van der Waals surface area contributed by atoms with Gasteiger partial charge in [-0.15, -0.1) is 0 Å². The van der Waals surface area contributed by atoms with Crippen molar-refractivity contribution in [2.75, 3.05) is 20.2 Å². The van der Waals surface area contributed by atoms with Crippen molar-refractivity contribution in [1.29, 1.82) is 0 Å². The SMILES string of the molecule is CC.CNC(=O)NCCOc1cc(C)cc2cccnc12. The zero-order chi connectivity index (χ0) is 15.7. The van der Waals surface area contributed by atoms with Crippen LogP contribution >= 0.6 is 0 Å². The predicted octanol–water partition coefficient (Wildman–Crippen LogP) is 2.88. The van der Waals surface area contributed by atoms with Gasteiger partial charge in [0.1, 0.15) is 17.9 Å². The van der Waals surface area contributed by atoms with Crippen LogP contribution in [0.4, 0.5) is 4.79 Å². The lowest BCUT2D eigenvalue weighted by molar-refractivity contribution is 0.238. The maximum atomic E-state index is 11.0. The molecule has 0 fully saturated rings.